The van der Waals surface area contributed by atoms with Crippen molar-refractivity contribution in [3.05, 3.63) is 0 Å². The molecule has 1 saturated carbocycles. The van der Waals surface area contributed by atoms with Crippen LogP contribution in [0, 0.1) is 11.8 Å². The highest BCUT2D eigenvalue weighted by molar-refractivity contribution is 4.82. The van der Waals surface area contributed by atoms with Gasteiger partial charge < -0.3 is 10.5 Å². The molecule has 1 aliphatic carbocycles. The summed E-state index contributed by atoms with van der Waals surface area (Å²) in [6.45, 7) is 3.11. The van der Waals surface area contributed by atoms with E-state index in [0.717, 1.165) is 12.5 Å². The largest absolute Gasteiger partial charge is 0.384 e. The lowest BCUT2D eigenvalue weighted by molar-refractivity contribution is 0.0986. The summed E-state index contributed by atoms with van der Waals surface area (Å²) >= 11 is 0. The van der Waals surface area contributed by atoms with E-state index in [1.54, 1.807) is 7.11 Å². The quantitative estimate of drug-likeness (QED) is 0.728. The molecule has 1 aliphatic rings. The molecule has 2 N–H and O–H groups in total. The first-order chi connectivity index (χ1) is 6.27. The topological polar surface area (TPSA) is 35.2 Å². The van der Waals surface area contributed by atoms with Crippen LogP contribution in [0.5, 0.6) is 0 Å². The van der Waals surface area contributed by atoms with Crippen molar-refractivity contribution in [1.29, 1.82) is 0 Å². The van der Waals surface area contributed by atoms with E-state index >= 15 is 0 Å². The molecule has 0 radical (unpaired) electrons. The SMILES string of the molecule is CCCC1CCC(N)C(COC)C1. The minimum Gasteiger partial charge on any atom is -0.384 e. The second-order valence-electron chi connectivity index (χ2n) is 4.35. The normalized spacial score (nSPS) is 34.8. The van der Waals surface area contributed by atoms with Gasteiger partial charge in [0.25, 0.3) is 0 Å². The molecule has 2 nitrogen and oxygen atoms in total. The summed E-state index contributed by atoms with van der Waals surface area (Å²) in [4.78, 5) is 0. The minimum atomic E-state index is 0.382. The molecule has 0 amide bonds. The van der Waals surface area contributed by atoms with Crippen molar-refractivity contribution < 1.29 is 4.74 Å². The minimum absolute atomic E-state index is 0.382. The van der Waals surface area contributed by atoms with E-state index in [0.29, 0.717) is 12.0 Å². The molecule has 78 valence electrons. The molecule has 1 rings (SSSR count). The first-order valence-corrected chi connectivity index (χ1v) is 5.52. The van der Waals surface area contributed by atoms with Crippen molar-refractivity contribution in [3.8, 4) is 0 Å². The highest BCUT2D eigenvalue weighted by Crippen LogP contribution is 2.31. The van der Waals surface area contributed by atoms with Crippen LogP contribution in [-0.2, 0) is 4.74 Å². The number of methoxy groups -OCH3 is 1. The average molecular weight is 185 g/mol. The van der Waals surface area contributed by atoms with Crippen molar-refractivity contribution in [2.75, 3.05) is 13.7 Å². The third kappa shape index (κ3) is 3.28. The molecule has 0 heterocycles. The van der Waals surface area contributed by atoms with Crippen LogP contribution in [0.4, 0.5) is 0 Å². The fourth-order valence-electron chi connectivity index (χ4n) is 2.46. The summed E-state index contributed by atoms with van der Waals surface area (Å²) in [6.07, 6.45) is 6.48. The van der Waals surface area contributed by atoms with Crippen molar-refractivity contribution in [2.45, 2.75) is 45.1 Å². The first-order valence-electron chi connectivity index (χ1n) is 5.52. The molecule has 0 aliphatic heterocycles. The van der Waals surface area contributed by atoms with Gasteiger partial charge in [0.15, 0.2) is 0 Å². The Labute approximate surface area is 81.8 Å². The van der Waals surface area contributed by atoms with Crippen LogP contribution in [0.2, 0.25) is 0 Å². The van der Waals surface area contributed by atoms with E-state index in [1.807, 2.05) is 0 Å². The molecule has 0 aromatic carbocycles. The summed E-state index contributed by atoms with van der Waals surface area (Å²) < 4.78 is 5.20. The van der Waals surface area contributed by atoms with Crippen LogP contribution in [0.3, 0.4) is 0 Å². The third-order valence-electron chi connectivity index (χ3n) is 3.23. The van der Waals surface area contributed by atoms with Gasteiger partial charge in [0.2, 0.25) is 0 Å². The Balaban J connectivity index is 2.33. The Morgan fingerprint density at radius 1 is 1.38 bits per heavy atom. The lowest BCUT2D eigenvalue weighted by atomic mass is 9.77. The maximum absolute atomic E-state index is 6.04. The van der Waals surface area contributed by atoms with Gasteiger partial charge in [0, 0.05) is 13.2 Å². The van der Waals surface area contributed by atoms with Gasteiger partial charge in [0.05, 0.1) is 6.61 Å². The van der Waals surface area contributed by atoms with Crippen LogP contribution in [0.1, 0.15) is 39.0 Å². The molecule has 3 unspecified atom stereocenters. The van der Waals surface area contributed by atoms with Gasteiger partial charge in [-0.05, 0) is 31.1 Å². The Morgan fingerprint density at radius 3 is 2.77 bits per heavy atom. The fourth-order valence-corrected chi connectivity index (χ4v) is 2.46. The van der Waals surface area contributed by atoms with Crippen LogP contribution < -0.4 is 5.73 Å². The first kappa shape index (κ1) is 11.0. The second kappa shape index (κ2) is 5.61. The van der Waals surface area contributed by atoms with Crippen LogP contribution in [0.15, 0.2) is 0 Å². The van der Waals surface area contributed by atoms with Gasteiger partial charge >= 0.3 is 0 Å². The molecule has 0 aromatic rings. The van der Waals surface area contributed by atoms with Gasteiger partial charge in [-0.15, -0.1) is 0 Å². The Bertz CT molecular complexity index is 138. The second-order valence-corrected chi connectivity index (χ2v) is 4.35. The van der Waals surface area contributed by atoms with Crippen LogP contribution in [-0.4, -0.2) is 19.8 Å². The fraction of sp³-hybridized carbons (Fsp3) is 1.00. The summed E-state index contributed by atoms with van der Waals surface area (Å²) in [5.74, 6) is 1.51. The van der Waals surface area contributed by atoms with Crippen molar-refractivity contribution in [2.24, 2.45) is 17.6 Å². The van der Waals surface area contributed by atoms with Gasteiger partial charge in [-0.25, -0.2) is 0 Å². The summed E-state index contributed by atoms with van der Waals surface area (Å²) in [6, 6.07) is 0.382. The zero-order valence-electron chi connectivity index (χ0n) is 8.96. The number of rotatable bonds is 4. The van der Waals surface area contributed by atoms with Crippen molar-refractivity contribution in [1.82, 2.24) is 0 Å². The predicted molar refractivity (Wildman–Crippen MR) is 55.6 cm³/mol. The van der Waals surface area contributed by atoms with E-state index < -0.39 is 0 Å². The lowest BCUT2D eigenvalue weighted by Crippen LogP contribution is -2.38. The molecule has 0 saturated heterocycles. The van der Waals surface area contributed by atoms with Gasteiger partial charge in [-0.1, -0.05) is 19.8 Å². The van der Waals surface area contributed by atoms with Gasteiger partial charge in [-0.2, -0.15) is 0 Å². The number of nitrogens with two attached hydrogens (primary N) is 1. The molecule has 1 fully saturated rings. The number of hydrogen-bond acceptors (Lipinski definition) is 2. The smallest absolute Gasteiger partial charge is 0.0505 e. The summed E-state index contributed by atoms with van der Waals surface area (Å²) in [5, 5.41) is 0. The van der Waals surface area contributed by atoms with Crippen molar-refractivity contribution in [3.63, 3.8) is 0 Å². The predicted octanol–water partition coefficient (Wildman–Crippen LogP) is 2.18. The van der Waals surface area contributed by atoms with E-state index in [-0.39, 0.29) is 0 Å². The third-order valence-corrected chi connectivity index (χ3v) is 3.23. The number of hydrogen-bond donors (Lipinski definition) is 1. The maximum atomic E-state index is 6.04. The number of ether oxygens (including phenoxy) is 1. The van der Waals surface area contributed by atoms with Gasteiger partial charge in [0.1, 0.15) is 0 Å². The highest BCUT2D eigenvalue weighted by atomic mass is 16.5. The van der Waals surface area contributed by atoms with E-state index in [2.05, 4.69) is 6.92 Å². The Hall–Kier alpha value is -0.0800. The van der Waals surface area contributed by atoms with Crippen LogP contribution in [0.25, 0.3) is 0 Å². The van der Waals surface area contributed by atoms with Gasteiger partial charge in [-0.3, -0.25) is 0 Å². The maximum Gasteiger partial charge on any atom is 0.0505 e. The molecular weight excluding hydrogens is 162 g/mol. The standard InChI is InChI=1S/C11H23NO/c1-3-4-9-5-6-11(12)10(7-9)8-13-2/h9-11H,3-8,12H2,1-2H3. The van der Waals surface area contributed by atoms with E-state index in [4.69, 9.17) is 10.5 Å². The monoisotopic (exact) mass is 185 g/mol. The molecule has 13 heavy (non-hydrogen) atoms. The summed E-state index contributed by atoms with van der Waals surface area (Å²) in [5.41, 5.74) is 6.04. The zero-order valence-corrected chi connectivity index (χ0v) is 8.96. The van der Waals surface area contributed by atoms with Crippen molar-refractivity contribution >= 4 is 0 Å². The highest BCUT2D eigenvalue weighted by Gasteiger charge is 2.27. The molecular formula is C11H23NO. The zero-order chi connectivity index (χ0) is 9.68. The average Bonchev–Trinajstić information content (AvgIpc) is 2.12. The molecule has 0 bridgehead atoms. The molecule has 2 heteroatoms. The molecule has 0 spiro atoms. The lowest BCUT2D eigenvalue weighted by Gasteiger charge is -2.33. The summed E-state index contributed by atoms with van der Waals surface area (Å²) in [7, 11) is 1.77. The Morgan fingerprint density at radius 2 is 2.15 bits per heavy atom. The molecule has 3 atom stereocenters. The van der Waals surface area contributed by atoms with E-state index in [9.17, 15) is 0 Å². The van der Waals surface area contributed by atoms with E-state index in [1.165, 1.54) is 32.1 Å². The molecule has 0 aromatic heterocycles. The Kier molecular flexibility index (Phi) is 4.74. The van der Waals surface area contributed by atoms with Crippen LogP contribution >= 0.6 is 0 Å².